The SMILES string of the molecule is CCC/C=C\C/C=C\CCCCCCCC(=O)OC(COC(=O)CCCCCCCCCCCCCC)COC(=O)CCCCCCCCCCCCCCCCCCC/C=C\CCCCCCCCCC. The van der Waals surface area contributed by atoms with Crippen LogP contribution in [0.4, 0.5) is 0 Å². The Hall–Kier alpha value is -2.37. The Balaban J connectivity index is 4.11. The van der Waals surface area contributed by atoms with Gasteiger partial charge < -0.3 is 14.2 Å². The molecule has 0 saturated carbocycles. The second-order valence-corrected chi connectivity index (χ2v) is 21.7. The first-order valence-electron chi connectivity index (χ1n) is 32.0. The van der Waals surface area contributed by atoms with Crippen molar-refractivity contribution in [2.45, 2.75) is 354 Å². The molecule has 0 aliphatic carbocycles. The molecule has 0 N–H and O–H groups in total. The maximum Gasteiger partial charge on any atom is 0.306 e. The molecule has 0 aliphatic rings. The molecule has 0 aromatic carbocycles. The zero-order chi connectivity index (χ0) is 52.2. The van der Waals surface area contributed by atoms with E-state index in [1.807, 2.05) is 0 Å². The van der Waals surface area contributed by atoms with Crippen LogP contribution in [0.2, 0.25) is 0 Å². The minimum absolute atomic E-state index is 0.0733. The van der Waals surface area contributed by atoms with E-state index in [-0.39, 0.29) is 31.1 Å². The number of unbranched alkanes of at least 4 members (excludes halogenated alkanes) is 42. The lowest BCUT2D eigenvalue weighted by Gasteiger charge is -2.18. The van der Waals surface area contributed by atoms with Crippen molar-refractivity contribution >= 4 is 17.9 Å². The first kappa shape index (κ1) is 69.6. The summed E-state index contributed by atoms with van der Waals surface area (Å²) in [5.41, 5.74) is 0. The van der Waals surface area contributed by atoms with Crippen LogP contribution in [0.15, 0.2) is 36.5 Å². The van der Waals surface area contributed by atoms with E-state index in [0.29, 0.717) is 19.3 Å². The predicted molar refractivity (Wildman–Crippen MR) is 312 cm³/mol. The van der Waals surface area contributed by atoms with Gasteiger partial charge in [-0.15, -0.1) is 0 Å². The molecule has 0 aliphatic heterocycles. The lowest BCUT2D eigenvalue weighted by atomic mass is 10.0. The van der Waals surface area contributed by atoms with E-state index in [0.717, 1.165) is 89.9 Å². The van der Waals surface area contributed by atoms with Crippen LogP contribution in [-0.4, -0.2) is 37.2 Å². The zero-order valence-corrected chi connectivity index (χ0v) is 48.5. The van der Waals surface area contributed by atoms with Gasteiger partial charge in [0.1, 0.15) is 13.2 Å². The van der Waals surface area contributed by atoms with Gasteiger partial charge in [-0.25, -0.2) is 0 Å². The molecule has 6 heteroatoms. The quantitative estimate of drug-likeness (QED) is 0.0261. The van der Waals surface area contributed by atoms with E-state index in [4.69, 9.17) is 14.2 Å². The van der Waals surface area contributed by atoms with Gasteiger partial charge in [0.2, 0.25) is 0 Å². The summed E-state index contributed by atoms with van der Waals surface area (Å²) in [5, 5.41) is 0. The van der Waals surface area contributed by atoms with E-state index >= 15 is 0 Å². The van der Waals surface area contributed by atoms with Crippen LogP contribution in [0.25, 0.3) is 0 Å². The summed E-state index contributed by atoms with van der Waals surface area (Å²) in [6.07, 6.45) is 74.6. The molecule has 0 heterocycles. The highest BCUT2D eigenvalue weighted by Crippen LogP contribution is 2.17. The number of allylic oxidation sites excluding steroid dienone is 6. The van der Waals surface area contributed by atoms with E-state index < -0.39 is 6.10 Å². The van der Waals surface area contributed by atoms with Crippen LogP contribution in [0.3, 0.4) is 0 Å². The lowest BCUT2D eigenvalue weighted by Crippen LogP contribution is -2.30. The molecule has 0 spiro atoms. The Morgan fingerprint density at radius 3 is 0.833 bits per heavy atom. The maximum absolute atomic E-state index is 12.8. The van der Waals surface area contributed by atoms with Gasteiger partial charge in [-0.05, 0) is 70.6 Å². The Bertz CT molecular complexity index is 1210. The van der Waals surface area contributed by atoms with Gasteiger partial charge in [0.25, 0.3) is 0 Å². The highest BCUT2D eigenvalue weighted by Gasteiger charge is 2.19. The van der Waals surface area contributed by atoms with Gasteiger partial charge in [-0.3, -0.25) is 14.4 Å². The monoisotopic (exact) mass is 1010 g/mol. The summed E-state index contributed by atoms with van der Waals surface area (Å²) < 4.78 is 16.9. The fourth-order valence-corrected chi connectivity index (χ4v) is 9.54. The van der Waals surface area contributed by atoms with Crippen LogP contribution in [0.5, 0.6) is 0 Å². The van der Waals surface area contributed by atoms with E-state index in [1.165, 1.54) is 218 Å². The third kappa shape index (κ3) is 58.5. The number of hydrogen-bond donors (Lipinski definition) is 0. The van der Waals surface area contributed by atoms with Crippen LogP contribution in [0.1, 0.15) is 348 Å². The molecule has 422 valence electrons. The Morgan fingerprint density at radius 1 is 0.278 bits per heavy atom. The Kier molecular flexibility index (Phi) is 59.2. The smallest absolute Gasteiger partial charge is 0.306 e. The Labute approximate surface area is 448 Å². The van der Waals surface area contributed by atoms with Crippen molar-refractivity contribution in [1.82, 2.24) is 0 Å². The topological polar surface area (TPSA) is 78.9 Å². The van der Waals surface area contributed by atoms with Crippen molar-refractivity contribution in [1.29, 1.82) is 0 Å². The molecule has 1 unspecified atom stereocenters. The van der Waals surface area contributed by atoms with Crippen LogP contribution in [0, 0.1) is 0 Å². The zero-order valence-electron chi connectivity index (χ0n) is 48.5. The van der Waals surface area contributed by atoms with Gasteiger partial charge in [0.15, 0.2) is 6.10 Å². The van der Waals surface area contributed by atoms with Crippen LogP contribution >= 0.6 is 0 Å². The lowest BCUT2D eigenvalue weighted by molar-refractivity contribution is -0.167. The summed E-state index contributed by atoms with van der Waals surface area (Å²) in [4.78, 5) is 38.2. The number of carbonyl (C=O) groups is 3. The summed E-state index contributed by atoms with van der Waals surface area (Å²) in [5.74, 6) is -0.868. The molecule has 6 nitrogen and oxygen atoms in total. The molecule has 0 aromatic heterocycles. The molecular weight excluding hydrogens is 889 g/mol. The maximum atomic E-state index is 12.8. The van der Waals surface area contributed by atoms with Crippen LogP contribution in [-0.2, 0) is 28.6 Å². The predicted octanol–water partition coefficient (Wildman–Crippen LogP) is 21.6. The summed E-state index contributed by atoms with van der Waals surface area (Å²) in [6.45, 7) is 6.61. The van der Waals surface area contributed by atoms with E-state index in [2.05, 4.69) is 57.2 Å². The van der Waals surface area contributed by atoms with Gasteiger partial charge in [0, 0.05) is 19.3 Å². The Morgan fingerprint density at radius 2 is 0.528 bits per heavy atom. The molecule has 0 aromatic rings. The third-order valence-electron chi connectivity index (χ3n) is 14.3. The molecule has 0 rings (SSSR count). The highest BCUT2D eigenvalue weighted by molar-refractivity contribution is 5.71. The van der Waals surface area contributed by atoms with Gasteiger partial charge in [-0.2, -0.15) is 0 Å². The van der Waals surface area contributed by atoms with Crippen molar-refractivity contribution in [3.05, 3.63) is 36.5 Å². The van der Waals surface area contributed by atoms with Gasteiger partial charge in [0.05, 0.1) is 0 Å². The average molecular weight is 1010 g/mol. The van der Waals surface area contributed by atoms with E-state index in [9.17, 15) is 14.4 Å². The molecule has 0 amide bonds. The minimum atomic E-state index is -0.775. The van der Waals surface area contributed by atoms with Crippen molar-refractivity contribution in [2.24, 2.45) is 0 Å². The van der Waals surface area contributed by atoms with Crippen molar-refractivity contribution in [2.75, 3.05) is 13.2 Å². The largest absolute Gasteiger partial charge is 0.462 e. The minimum Gasteiger partial charge on any atom is -0.462 e. The fraction of sp³-hybridized carbons (Fsp3) is 0.864. The average Bonchev–Trinajstić information content (AvgIpc) is 3.38. The highest BCUT2D eigenvalue weighted by atomic mass is 16.6. The third-order valence-corrected chi connectivity index (χ3v) is 14.3. The number of rotatable bonds is 59. The molecule has 72 heavy (non-hydrogen) atoms. The first-order chi connectivity index (χ1) is 35.5. The second kappa shape index (κ2) is 61.2. The number of hydrogen-bond acceptors (Lipinski definition) is 6. The molecular formula is C66H122O6. The molecule has 0 bridgehead atoms. The molecule has 1 atom stereocenters. The standard InChI is InChI=1S/C66H122O6/c1-4-7-10-13-16-19-22-25-26-27-28-29-30-31-32-33-34-35-36-37-38-39-40-42-44-47-50-53-56-59-65(68)71-62-63(61-70-64(67)58-55-52-49-46-43-24-21-18-15-12-9-6-3)72-66(69)60-57-54-51-48-45-41-23-20-17-14-11-8-5-2/h11,14,20,23,27-28,63H,4-10,12-13,15-19,21-22,24-26,29-62H2,1-3H3/b14-11-,23-20-,28-27-. The van der Waals surface area contributed by atoms with Gasteiger partial charge >= 0.3 is 17.9 Å². The molecule has 0 saturated heterocycles. The second-order valence-electron chi connectivity index (χ2n) is 21.7. The normalized spacial score (nSPS) is 12.2. The van der Waals surface area contributed by atoms with Crippen LogP contribution < -0.4 is 0 Å². The molecule has 0 fully saturated rings. The van der Waals surface area contributed by atoms with Crippen molar-refractivity contribution < 1.29 is 28.6 Å². The van der Waals surface area contributed by atoms with E-state index in [1.54, 1.807) is 0 Å². The molecule has 0 radical (unpaired) electrons. The first-order valence-corrected chi connectivity index (χ1v) is 32.0. The number of carbonyl (C=O) groups excluding carboxylic acids is 3. The van der Waals surface area contributed by atoms with Crippen molar-refractivity contribution in [3.8, 4) is 0 Å². The number of esters is 3. The summed E-state index contributed by atoms with van der Waals surface area (Å²) >= 11 is 0. The van der Waals surface area contributed by atoms with Crippen molar-refractivity contribution in [3.63, 3.8) is 0 Å². The summed E-state index contributed by atoms with van der Waals surface area (Å²) in [6, 6.07) is 0. The summed E-state index contributed by atoms with van der Waals surface area (Å²) in [7, 11) is 0. The fourth-order valence-electron chi connectivity index (χ4n) is 9.54. The number of ether oxygens (including phenoxy) is 3. The van der Waals surface area contributed by atoms with Gasteiger partial charge in [-0.1, -0.05) is 295 Å².